The van der Waals surface area contributed by atoms with Crippen molar-refractivity contribution in [3.63, 3.8) is 0 Å². The highest BCUT2D eigenvalue weighted by molar-refractivity contribution is 5.96. The van der Waals surface area contributed by atoms with E-state index in [1.807, 2.05) is 0 Å². The van der Waals surface area contributed by atoms with E-state index in [1.54, 1.807) is 0 Å². The lowest BCUT2D eigenvalue weighted by molar-refractivity contribution is -0.138. The lowest BCUT2D eigenvalue weighted by Crippen LogP contribution is -2.49. The van der Waals surface area contributed by atoms with Gasteiger partial charge in [-0.3, -0.25) is 9.69 Å². The van der Waals surface area contributed by atoms with Crippen LogP contribution in [0.15, 0.2) is 24.3 Å². The van der Waals surface area contributed by atoms with Gasteiger partial charge in [-0.05, 0) is 31.6 Å². The first-order chi connectivity index (χ1) is 10.4. The molecule has 1 amide bonds. The number of nitrogens with two attached hydrogens (primary N) is 1. The van der Waals surface area contributed by atoms with Crippen LogP contribution in [0.4, 0.5) is 13.2 Å². The highest BCUT2D eigenvalue weighted by Crippen LogP contribution is 2.32. The molecule has 0 radical (unpaired) electrons. The summed E-state index contributed by atoms with van der Waals surface area (Å²) < 4.78 is 39.0. The zero-order chi connectivity index (χ0) is 16.2. The number of alkyl halides is 3. The number of hydrogen-bond acceptors (Lipinski definition) is 3. The maximum absolute atomic E-state index is 13.0. The molecule has 0 unspecified atom stereocenters. The highest BCUT2D eigenvalue weighted by atomic mass is 19.4. The molecule has 1 aliphatic heterocycles. The average Bonchev–Trinajstić information content (AvgIpc) is 2.52. The predicted molar refractivity (Wildman–Crippen MR) is 77.5 cm³/mol. The Hall–Kier alpha value is -1.60. The van der Waals surface area contributed by atoms with Gasteiger partial charge in [0.2, 0.25) is 0 Å². The summed E-state index contributed by atoms with van der Waals surface area (Å²) in [6.45, 7) is 3.68. The van der Waals surface area contributed by atoms with Gasteiger partial charge in [0.1, 0.15) is 0 Å². The average molecular weight is 315 g/mol. The molecule has 2 rings (SSSR count). The Morgan fingerprint density at radius 1 is 1.14 bits per heavy atom. The van der Waals surface area contributed by atoms with Gasteiger partial charge in [0, 0.05) is 26.2 Å². The SMILES string of the molecule is NCCCN1CCN(C(=O)c2ccccc2C(F)(F)F)CC1. The predicted octanol–water partition coefficient (Wildman–Crippen LogP) is 1.81. The number of benzene rings is 1. The molecule has 122 valence electrons. The summed E-state index contributed by atoms with van der Waals surface area (Å²) in [7, 11) is 0. The standard InChI is InChI=1S/C15H20F3N3O/c16-15(17,18)13-5-2-1-4-12(13)14(22)21-10-8-20(9-11-21)7-3-6-19/h1-2,4-5H,3,6-11,19H2. The van der Waals surface area contributed by atoms with Crippen molar-refractivity contribution in [1.82, 2.24) is 9.80 Å². The molecule has 1 aromatic carbocycles. The second-order valence-corrected chi connectivity index (χ2v) is 5.32. The van der Waals surface area contributed by atoms with E-state index < -0.39 is 17.6 Å². The smallest absolute Gasteiger partial charge is 0.336 e. The summed E-state index contributed by atoms with van der Waals surface area (Å²) in [4.78, 5) is 16.0. The van der Waals surface area contributed by atoms with Crippen molar-refractivity contribution < 1.29 is 18.0 Å². The van der Waals surface area contributed by atoms with Crippen LogP contribution in [0.3, 0.4) is 0 Å². The molecule has 1 saturated heterocycles. The third-order valence-electron chi connectivity index (χ3n) is 3.80. The Kier molecular flexibility index (Phi) is 5.42. The number of hydrogen-bond donors (Lipinski definition) is 1. The van der Waals surface area contributed by atoms with Gasteiger partial charge in [-0.1, -0.05) is 12.1 Å². The minimum Gasteiger partial charge on any atom is -0.336 e. The molecule has 0 aromatic heterocycles. The van der Waals surface area contributed by atoms with Crippen molar-refractivity contribution in [2.24, 2.45) is 5.73 Å². The molecule has 0 atom stereocenters. The Balaban J connectivity index is 2.05. The number of carbonyl (C=O) groups is 1. The zero-order valence-corrected chi connectivity index (χ0v) is 12.3. The van der Waals surface area contributed by atoms with Gasteiger partial charge in [0.25, 0.3) is 5.91 Å². The molecule has 1 fully saturated rings. The van der Waals surface area contributed by atoms with Gasteiger partial charge in [0.15, 0.2) is 0 Å². The van der Waals surface area contributed by atoms with Crippen LogP contribution in [0, 0.1) is 0 Å². The van der Waals surface area contributed by atoms with E-state index >= 15 is 0 Å². The normalized spacial score (nSPS) is 16.8. The van der Waals surface area contributed by atoms with Crippen LogP contribution in [-0.2, 0) is 6.18 Å². The summed E-state index contributed by atoms with van der Waals surface area (Å²) in [5.74, 6) is -0.550. The minimum atomic E-state index is -4.52. The van der Waals surface area contributed by atoms with E-state index in [0.717, 1.165) is 19.0 Å². The van der Waals surface area contributed by atoms with Crippen LogP contribution in [0.1, 0.15) is 22.3 Å². The fourth-order valence-electron chi connectivity index (χ4n) is 2.58. The summed E-state index contributed by atoms with van der Waals surface area (Å²) >= 11 is 0. The van der Waals surface area contributed by atoms with Gasteiger partial charge in [0.05, 0.1) is 11.1 Å². The third-order valence-corrected chi connectivity index (χ3v) is 3.80. The molecular weight excluding hydrogens is 295 g/mol. The Morgan fingerprint density at radius 2 is 1.77 bits per heavy atom. The van der Waals surface area contributed by atoms with Crippen molar-refractivity contribution in [1.29, 1.82) is 0 Å². The molecule has 0 saturated carbocycles. The highest BCUT2D eigenvalue weighted by Gasteiger charge is 2.36. The van der Waals surface area contributed by atoms with Crippen LogP contribution in [-0.4, -0.2) is 55.0 Å². The zero-order valence-electron chi connectivity index (χ0n) is 12.3. The quantitative estimate of drug-likeness (QED) is 0.922. The largest absolute Gasteiger partial charge is 0.417 e. The number of halogens is 3. The lowest BCUT2D eigenvalue weighted by atomic mass is 10.1. The van der Waals surface area contributed by atoms with Gasteiger partial charge in [-0.15, -0.1) is 0 Å². The summed E-state index contributed by atoms with van der Waals surface area (Å²) in [5, 5.41) is 0. The Labute approximate surface area is 127 Å². The van der Waals surface area contributed by atoms with E-state index in [-0.39, 0.29) is 5.56 Å². The Morgan fingerprint density at radius 3 is 2.36 bits per heavy atom. The van der Waals surface area contributed by atoms with E-state index in [1.165, 1.54) is 23.1 Å². The van der Waals surface area contributed by atoms with Crippen LogP contribution in [0.2, 0.25) is 0 Å². The molecule has 1 aliphatic rings. The second kappa shape index (κ2) is 7.11. The van der Waals surface area contributed by atoms with Gasteiger partial charge < -0.3 is 10.6 Å². The first-order valence-corrected chi connectivity index (χ1v) is 7.31. The first kappa shape index (κ1) is 16.8. The van der Waals surface area contributed by atoms with Crippen molar-refractivity contribution in [3.8, 4) is 0 Å². The van der Waals surface area contributed by atoms with Crippen LogP contribution < -0.4 is 5.73 Å². The number of amides is 1. The van der Waals surface area contributed by atoms with E-state index in [4.69, 9.17) is 5.73 Å². The lowest BCUT2D eigenvalue weighted by Gasteiger charge is -2.35. The fraction of sp³-hybridized carbons (Fsp3) is 0.533. The topological polar surface area (TPSA) is 49.6 Å². The van der Waals surface area contributed by atoms with Crippen LogP contribution in [0.5, 0.6) is 0 Å². The van der Waals surface area contributed by atoms with Crippen molar-refractivity contribution in [2.75, 3.05) is 39.3 Å². The molecule has 7 heteroatoms. The maximum atomic E-state index is 13.0. The molecule has 0 spiro atoms. The summed E-state index contributed by atoms with van der Waals surface area (Å²) in [5.41, 5.74) is 4.31. The van der Waals surface area contributed by atoms with Crippen LogP contribution in [0.25, 0.3) is 0 Å². The van der Waals surface area contributed by atoms with E-state index in [0.29, 0.717) is 32.7 Å². The number of piperazine rings is 1. The summed E-state index contributed by atoms with van der Waals surface area (Å²) in [6.07, 6.45) is -3.64. The van der Waals surface area contributed by atoms with E-state index in [2.05, 4.69) is 4.90 Å². The molecule has 22 heavy (non-hydrogen) atoms. The molecule has 2 N–H and O–H groups in total. The van der Waals surface area contributed by atoms with Crippen molar-refractivity contribution in [3.05, 3.63) is 35.4 Å². The number of nitrogens with zero attached hydrogens (tertiary/aromatic N) is 2. The molecule has 1 heterocycles. The minimum absolute atomic E-state index is 0.273. The van der Waals surface area contributed by atoms with Gasteiger partial charge >= 0.3 is 6.18 Å². The Bertz CT molecular complexity index is 511. The molecule has 1 aromatic rings. The molecular formula is C15H20F3N3O. The van der Waals surface area contributed by atoms with Crippen molar-refractivity contribution in [2.45, 2.75) is 12.6 Å². The second-order valence-electron chi connectivity index (χ2n) is 5.32. The molecule has 0 bridgehead atoms. The first-order valence-electron chi connectivity index (χ1n) is 7.31. The maximum Gasteiger partial charge on any atom is 0.417 e. The molecule has 4 nitrogen and oxygen atoms in total. The number of rotatable bonds is 4. The number of carbonyl (C=O) groups excluding carboxylic acids is 1. The van der Waals surface area contributed by atoms with Gasteiger partial charge in [-0.25, -0.2) is 0 Å². The molecule has 0 aliphatic carbocycles. The third kappa shape index (κ3) is 3.98. The summed E-state index contributed by atoms with van der Waals surface area (Å²) in [6, 6.07) is 4.95. The van der Waals surface area contributed by atoms with Crippen molar-refractivity contribution >= 4 is 5.91 Å². The fourth-order valence-corrected chi connectivity index (χ4v) is 2.58. The van der Waals surface area contributed by atoms with Gasteiger partial charge in [-0.2, -0.15) is 13.2 Å². The monoisotopic (exact) mass is 315 g/mol. The van der Waals surface area contributed by atoms with Crippen LogP contribution >= 0.6 is 0 Å². The van der Waals surface area contributed by atoms with E-state index in [9.17, 15) is 18.0 Å².